The molecule has 1 N–H and O–H groups in total. The van der Waals surface area contributed by atoms with Gasteiger partial charge in [0.25, 0.3) is 5.91 Å². The Balaban J connectivity index is 1.72. The van der Waals surface area contributed by atoms with E-state index in [1.807, 2.05) is 48.5 Å². The van der Waals surface area contributed by atoms with E-state index in [0.717, 1.165) is 16.5 Å². The zero-order valence-corrected chi connectivity index (χ0v) is 13.6. The normalized spacial score (nSPS) is 10.4. The molecule has 0 saturated carbocycles. The average molecular weight is 322 g/mol. The van der Waals surface area contributed by atoms with Gasteiger partial charge in [-0.25, -0.2) is 0 Å². The van der Waals surface area contributed by atoms with E-state index in [-0.39, 0.29) is 5.91 Å². The van der Waals surface area contributed by atoms with Crippen molar-refractivity contribution in [3.63, 3.8) is 0 Å². The molecule has 0 radical (unpaired) electrons. The van der Waals surface area contributed by atoms with Crippen molar-refractivity contribution >= 4 is 16.8 Å². The number of methoxy groups -OCH3 is 2. The van der Waals surface area contributed by atoms with Crippen molar-refractivity contribution in [3.8, 4) is 11.5 Å². The van der Waals surface area contributed by atoms with E-state index in [0.29, 0.717) is 23.6 Å². The fourth-order valence-electron chi connectivity index (χ4n) is 2.47. The van der Waals surface area contributed by atoms with E-state index in [1.165, 1.54) is 0 Å². The van der Waals surface area contributed by atoms with Crippen molar-refractivity contribution in [2.75, 3.05) is 14.2 Å². The van der Waals surface area contributed by atoms with Gasteiger partial charge in [0, 0.05) is 18.1 Å². The summed E-state index contributed by atoms with van der Waals surface area (Å²) in [5.41, 5.74) is 2.33. The Labute approximate surface area is 140 Å². The van der Waals surface area contributed by atoms with Crippen molar-refractivity contribution in [3.05, 3.63) is 65.9 Å². The third kappa shape index (κ3) is 3.30. The third-order valence-electron chi connectivity index (χ3n) is 3.75. The summed E-state index contributed by atoms with van der Waals surface area (Å²) >= 11 is 0. The number of nitrogens with one attached hydrogen (secondary N) is 1. The number of hydrogen-bond donors (Lipinski definition) is 1. The summed E-state index contributed by atoms with van der Waals surface area (Å²) in [7, 11) is 3.17. The first-order valence-electron chi connectivity index (χ1n) is 7.55. The van der Waals surface area contributed by atoms with Crippen LogP contribution >= 0.6 is 0 Å². The van der Waals surface area contributed by atoms with E-state index in [9.17, 15) is 4.79 Å². The number of benzene rings is 2. The summed E-state index contributed by atoms with van der Waals surface area (Å²) < 4.78 is 10.5. The Morgan fingerprint density at radius 2 is 1.83 bits per heavy atom. The number of rotatable bonds is 5. The lowest BCUT2D eigenvalue weighted by Gasteiger charge is -2.10. The van der Waals surface area contributed by atoms with Crippen molar-refractivity contribution in [2.24, 2.45) is 0 Å². The zero-order valence-electron chi connectivity index (χ0n) is 13.6. The van der Waals surface area contributed by atoms with E-state index >= 15 is 0 Å². The van der Waals surface area contributed by atoms with Crippen LogP contribution in [0.15, 0.2) is 54.7 Å². The van der Waals surface area contributed by atoms with E-state index in [1.54, 1.807) is 20.4 Å². The molecule has 3 aromatic rings. The van der Waals surface area contributed by atoms with Gasteiger partial charge in [0.1, 0.15) is 0 Å². The Kier molecular flexibility index (Phi) is 4.61. The van der Waals surface area contributed by atoms with E-state index < -0.39 is 0 Å². The number of hydrogen-bond acceptors (Lipinski definition) is 4. The summed E-state index contributed by atoms with van der Waals surface area (Å²) in [5.74, 6) is 1.13. The molecular formula is C19H18N2O3. The minimum atomic E-state index is -0.164. The quantitative estimate of drug-likeness (QED) is 0.784. The number of nitrogens with zero attached hydrogens (tertiary/aromatic N) is 1. The molecule has 0 aliphatic rings. The standard InChI is InChI=1S/C19H18N2O3/c1-23-17-8-7-13(9-18(17)24-2)11-21-19(22)15-10-14-5-3-4-6-16(14)20-12-15/h3-10,12H,11H2,1-2H3,(H,21,22). The third-order valence-corrected chi connectivity index (χ3v) is 3.75. The van der Waals surface area contributed by atoms with Crippen LogP contribution in [0.4, 0.5) is 0 Å². The molecule has 0 aliphatic carbocycles. The predicted molar refractivity (Wildman–Crippen MR) is 92.5 cm³/mol. The molecule has 3 rings (SSSR count). The molecule has 5 heteroatoms. The number of fused-ring (bicyclic) bond motifs is 1. The molecule has 122 valence electrons. The van der Waals surface area contributed by atoms with Crippen LogP contribution in [0, 0.1) is 0 Å². The molecule has 5 nitrogen and oxygen atoms in total. The van der Waals surface area contributed by atoms with Gasteiger partial charge < -0.3 is 14.8 Å². The lowest BCUT2D eigenvalue weighted by Crippen LogP contribution is -2.22. The molecular weight excluding hydrogens is 304 g/mol. The van der Waals surface area contributed by atoms with Gasteiger partial charge in [-0.05, 0) is 29.8 Å². The topological polar surface area (TPSA) is 60.5 Å². The highest BCUT2D eigenvalue weighted by Gasteiger charge is 2.09. The summed E-state index contributed by atoms with van der Waals surface area (Å²) in [5, 5.41) is 3.83. The molecule has 0 atom stereocenters. The highest BCUT2D eigenvalue weighted by molar-refractivity contribution is 5.97. The molecule has 0 unspecified atom stereocenters. The Morgan fingerprint density at radius 3 is 2.62 bits per heavy atom. The molecule has 0 fully saturated rings. The van der Waals surface area contributed by atoms with Crippen LogP contribution in [0.3, 0.4) is 0 Å². The smallest absolute Gasteiger partial charge is 0.253 e. The molecule has 2 aromatic carbocycles. The fourth-order valence-corrected chi connectivity index (χ4v) is 2.47. The summed E-state index contributed by atoms with van der Waals surface area (Å²) in [6, 6.07) is 15.1. The van der Waals surface area contributed by atoms with Crippen LogP contribution < -0.4 is 14.8 Å². The summed E-state index contributed by atoms with van der Waals surface area (Å²) in [6.07, 6.45) is 1.59. The number of carbonyl (C=O) groups is 1. The lowest BCUT2D eigenvalue weighted by molar-refractivity contribution is 0.0950. The first kappa shape index (κ1) is 15.8. The Morgan fingerprint density at radius 1 is 1.04 bits per heavy atom. The van der Waals surface area contributed by atoms with Crippen LogP contribution in [0.5, 0.6) is 11.5 Å². The van der Waals surface area contributed by atoms with Crippen molar-refractivity contribution in [1.82, 2.24) is 10.3 Å². The lowest BCUT2D eigenvalue weighted by atomic mass is 10.1. The molecule has 1 aromatic heterocycles. The number of para-hydroxylation sites is 1. The highest BCUT2D eigenvalue weighted by atomic mass is 16.5. The molecule has 1 amide bonds. The van der Waals surface area contributed by atoms with Gasteiger partial charge in [0.05, 0.1) is 25.3 Å². The maximum atomic E-state index is 12.3. The zero-order chi connectivity index (χ0) is 16.9. The van der Waals surface area contributed by atoms with Crippen molar-refractivity contribution in [1.29, 1.82) is 0 Å². The van der Waals surface area contributed by atoms with Crippen molar-refractivity contribution < 1.29 is 14.3 Å². The molecule has 1 heterocycles. The minimum Gasteiger partial charge on any atom is -0.493 e. The maximum absolute atomic E-state index is 12.3. The number of aromatic nitrogens is 1. The molecule has 0 saturated heterocycles. The van der Waals surface area contributed by atoms with Crippen LogP contribution in [0.2, 0.25) is 0 Å². The summed E-state index contributed by atoms with van der Waals surface area (Å²) in [6.45, 7) is 0.395. The number of pyridine rings is 1. The van der Waals surface area contributed by atoms with Gasteiger partial charge in [0.2, 0.25) is 0 Å². The van der Waals surface area contributed by atoms with Crippen LogP contribution in [0.25, 0.3) is 10.9 Å². The van der Waals surface area contributed by atoms with Gasteiger partial charge in [-0.15, -0.1) is 0 Å². The van der Waals surface area contributed by atoms with E-state index in [2.05, 4.69) is 10.3 Å². The maximum Gasteiger partial charge on any atom is 0.253 e. The molecule has 0 bridgehead atoms. The summed E-state index contributed by atoms with van der Waals surface area (Å²) in [4.78, 5) is 16.6. The molecule has 0 aliphatic heterocycles. The SMILES string of the molecule is COc1ccc(CNC(=O)c2cnc3ccccc3c2)cc1OC. The Hall–Kier alpha value is -3.08. The van der Waals surface area contributed by atoms with Gasteiger partial charge in [-0.3, -0.25) is 9.78 Å². The van der Waals surface area contributed by atoms with Crippen LogP contribution in [-0.2, 0) is 6.54 Å². The monoisotopic (exact) mass is 322 g/mol. The largest absolute Gasteiger partial charge is 0.493 e. The first-order chi connectivity index (χ1) is 11.7. The Bertz CT molecular complexity index is 877. The second-order valence-corrected chi connectivity index (χ2v) is 5.29. The number of amides is 1. The van der Waals surface area contributed by atoms with Gasteiger partial charge in [-0.1, -0.05) is 24.3 Å². The van der Waals surface area contributed by atoms with Gasteiger partial charge >= 0.3 is 0 Å². The van der Waals surface area contributed by atoms with Crippen LogP contribution in [0.1, 0.15) is 15.9 Å². The second kappa shape index (κ2) is 7.00. The van der Waals surface area contributed by atoms with Gasteiger partial charge in [0.15, 0.2) is 11.5 Å². The highest BCUT2D eigenvalue weighted by Crippen LogP contribution is 2.27. The number of carbonyl (C=O) groups excluding carboxylic acids is 1. The van der Waals surface area contributed by atoms with Gasteiger partial charge in [-0.2, -0.15) is 0 Å². The fraction of sp³-hybridized carbons (Fsp3) is 0.158. The first-order valence-corrected chi connectivity index (χ1v) is 7.55. The molecule has 0 spiro atoms. The van der Waals surface area contributed by atoms with E-state index in [4.69, 9.17) is 9.47 Å². The average Bonchev–Trinajstić information content (AvgIpc) is 2.65. The minimum absolute atomic E-state index is 0.164. The van der Waals surface area contributed by atoms with Crippen molar-refractivity contribution in [2.45, 2.75) is 6.54 Å². The predicted octanol–water partition coefficient (Wildman–Crippen LogP) is 3.18. The second-order valence-electron chi connectivity index (χ2n) is 5.29. The van der Waals surface area contributed by atoms with Crippen LogP contribution in [-0.4, -0.2) is 25.1 Å². The number of ether oxygens (including phenoxy) is 2. The molecule has 24 heavy (non-hydrogen) atoms.